The van der Waals surface area contributed by atoms with E-state index in [4.69, 9.17) is 16.6 Å². The average Bonchev–Trinajstić information content (AvgIpc) is 3.09. The van der Waals surface area contributed by atoms with E-state index >= 15 is 0 Å². The van der Waals surface area contributed by atoms with Gasteiger partial charge in [-0.15, -0.1) is 0 Å². The molecule has 0 spiro atoms. The van der Waals surface area contributed by atoms with Gasteiger partial charge >= 0.3 is 0 Å². The maximum atomic E-state index is 14.8. The van der Waals surface area contributed by atoms with Gasteiger partial charge in [-0.2, -0.15) is 0 Å². The van der Waals surface area contributed by atoms with E-state index in [0.717, 1.165) is 13.0 Å². The van der Waals surface area contributed by atoms with Gasteiger partial charge in [0, 0.05) is 52.8 Å². The van der Waals surface area contributed by atoms with Crippen molar-refractivity contribution in [1.29, 1.82) is 0 Å². The molecule has 2 heterocycles. The van der Waals surface area contributed by atoms with Crippen LogP contribution < -0.4 is 5.32 Å². The Morgan fingerprint density at radius 3 is 2.45 bits per heavy atom. The SMILES string of the molecule is C.CN(C)CCCN(C)C(=O)c1cccc(Nc2ncc3c(n2)-c2ccc(Cl)cc2C(c2c(F)cccc2F)=NC3)c1. The van der Waals surface area contributed by atoms with Crippen LogP contribution in [0.25, 0.3) is 11.3 Å². The van der Waals surface area contributed by atoms with Crippen molar-refractivity contribution in [3.05, 3.63) is 106 Å². The Hall–Kier alpha value is -4.21. The first-order valence-electron chi connectivity index (χ1n) is 13.1. The second-order valence-electron chi connectivity index (χ2n) is 10.1. The van der Waals surface area contributed by atoms with Crippen molar-refractivity contribution < 1.29 is 13.6 Å². The predicted molar refractivity (Wildman–Crippen MR) is 165 cm³/mol. The number of anilines is 2. The molecular weight excluding hydrogens is 558 g/mol. The summed E-state index contributed by atoms with van der Waals surface area (Å²) in [5.41, 5.74) is 3.48. The maximum Gasteiger partial charge on any atom is 0.253 e. The number of rotatable bonds is 8. The first kappa shape index (κ1) is 30.7. The number of aliphatic imine (C=N–C) groups is 1. The van der Waals surface area contributed by atoms with Crippen LogP contribution in [0.15, 0.2) is 71.9 Å². The number of nitrogens with one attached hydrogen (secondary N) is 1. The summed E-state index contributed by atoms with van der Waals surface area (Å²) in [4.78, 5) is 30.6. The van der Waals surface area contributed by atoms with Crippen molar-refractivity contribution in [2.24, 2.45) is 4.99 Å². The average molecular weight is 591 g/mol. The number of fused-ring (bicyclic) bond motifs is 3. The molecule has 0 radical (unpaired) electrons. The highest BCUT2D eigenvalue weighted by atomic mass is 35.5. The number of carbonyl (C=O) groups is 1. The zero-order valence-corrected chi connectivity index (χ0v) is 23.7. The molecule has 1 N–H and O–H groups in total. The van der Waals surface area contributed by atoms with Crippen LogP contribution in [0, 0.1) is 11.6 Å². The van der Waals surface area contributed by atoms with Gasteiger partial charge < -0.3 is 15.1 Å². The van der Waals surface area contributed by atoms with E-state index in [9.17, 15) is 13.6 Å². The lowest BCUT2D eigenvalue weighted by Crippen LogP contribution is -2.29. The molecule has 0 fully saturated rings. The Kier molecular flexibility index (Phi) is 9.65. The maximum absolute atomic E-state index is 14.8. The normalized spacial score (nSPS) is 12.0. The van der Waals surface area contributed by atoms with E-state index in [1.54, 1.807) is 54.5 Å². The van der Waals surface area contributed by atoms with Crippen LogP contribution in [0.1, 0.15) is 40.9 Å². The van der Waals surface area contributed by atoms with Gasteiger partial charge in [-0.3, -0.25) is 9.79 Å². The van der Waals surface area contributed by atoms with Gasteiger partial charge in [0.15, 0.2) is 0 Å². The Morgan fingerprint density at radius 2 is 1.71 bits per heavy atom. The van der Waals surface area contributed by atoms with Gasteiger partial charge in [-0.25, -0.2) is 18.7 Å². The molecule has 0 aliphatic carbocycles. The fourth-order valence-corrected chi connectivity index (χ4v) is 4.90. The molecule has 0 unspecified atom stereocenters. The van der Waals surface area contributed by atoms with Crippen molar-refractivity contribution in [2.75, 3.05) is 39.5 Å². The summed E-state index contributed by atoms with van der Waals surface area (Å²) in [7, 11) is 5.80. The molecular formula is C32H33ClF2N6O. The first-order valence-corrected chi connectivity index (χ1v) is 13.5. The molecule has 10 heteroatoms. The van der Waals surface area contributed by atoms with Gasteiger partial charge in [0.2, 0.25) is 5.95 Å². The van der Waals surface area contributed by atoms with Gasteiger partial charge in [-0.05, 0) is 69.5 Å². The van der Waals surface area contributed by atoms with Crippen LogP contribution in [0.4, 0.5) is 20.4 Å². The summed E-state index contributed by atoms with van der Waals surface area (Å²) in [5, 5.41) is 3.59. The van der Waals surface area contributed by atoms with Crippen LogP contribution in [0.3, 0.4) is 0 Å². The van der Waals surface area contributed by atoms with Gasteiger partial charge in [0.05, 0.1) is 23.5 Å². The zero-order chi connectivity index (χ0) is 29.1. The minimum atomic E-state index is -0.716. The van der Waals surface area contributed by atoms with Crippen LogP contribution in [0.2, 0.25) is 5.02 Å². The number of aromatic nitrogens is 2. The summed E-state index contributed by atoms with van der Waals surface area (Å²) in [6.07, 6.45) is 2.51. The quantitative estimate of drug-likeness (QED) is 0.243. The third-order valence-corrected chi connectivity index (χ3v) is 7.01. The van der Waals surface area contributed by atoms with Crippen molar-refractivity contribution in [3.8, 4) is 11.3 Å². The summed E-state index contributed by atoms with van der Waals surface area (Å²) in [6, 6.07) is 16.0. The minimum Gasteiger partial charge on any atom is -0.342 e. The second-order valence-corrected chi connectivity index (χ2v) is 10.5. The molecule has 0 saturated heterocycles. The highest BCUT2D eigenvalue weighted by Gasteiger charge is 2.25. The third-order valence-electron chi connectivity index (χ3n) is 6.77. The lowest BCUT2D eigenvalue weighted by molar-refractivity contribution is 0.0790. The first-order chi connectivity index (χ1) is 19.7. The summed E-state index contributed by atoms with van der Waals surface area (Å²) in [6.45, 7) is 1.66. The molecule has 0 saturated carbocycles. The number of hydrogen-bond acceptors (Lipinski definition) is 6. The van der Waals surface area contributed by atoms with Crippen molar-refractivity contribution in [3.63, 3.8) is 0 Å². The predicted octanol–water partition coefficient (Wildman–Crippen LogP) is 6.83. The highest BCUT2D eigenvalue weighted by Crippen LogP contribution is 2.34. The van der Waals surface area contributed by atoms with Crippen molar-refractivity contribution in [2.45, 2.75) is 20.4 Å². The number of carbonyl (C=O) groups excluding carboxylic acids is 1. The number of nitrogens with zero attached hydrogens (tertiary/aromatic N) is 5. The van der Waals surface area contributed by atoms with Crippen LogP contribution >= 0.6 is 11.6 Å². The number of hydrogen-bond donors (Lipinski definition) is 1. The van der Waals surface area contributed by atoms with Crippen LogP contribution in [0.5, 0.6) is 0 Å². The van der Waals surface area contributed by atoms with Crippen molar-refractivity contribution in [1.82, 2.24) is 19.8 Å². The van der Waals surface area contributed by atoms with Crippen molar-refractivity contribution >= 4 is 34.9 Å². The van der Waals surface area contributed by atoms with E-state index < -0.39 is 11.6 Å². The monoisotopic (exact) mass is 590 g/mol. The standard InChI is InChI=1S/C31H29ClF2N6O.CH4/c1-39(2)13-6-14-40(3)30(41)19-7-4-8-22(15-19)37-31-36-18-20-17-35-29(27-25(33)9-5-10-26(27)34)24-16-21(32)11-12-23(24)28(20)38-31;/h4-5,7-12,15-16,18H,6,13-14,17H2,1-3H3,(H,36,37,38);1H4. The zero-order valence-electron chi connectivity index (χ0n) is 23.0. The molecule has 0 bridgehead atoms. The number of amides is 1. The molecule has 1 aliphatic heterocycles. The fraction of sp³-hybridized carbons (Fsp3) is 0.250. The van der Waals surface area contributed by atoms with E-state index in [-0.39, 0.29) is 31.2 Å². The summed E-state index contributed by atoms with van der Waals surface area (Å²) < 4.78 is 29.6. The lowest BCUT2D eigenvalue weighted by atomic mass is 9.95. The van der Waals surface area contributed by atoms with E-state index in [1.807, 2.05) is 20.2 Å². The smallest absolute Gasteiger partial charge is 0.253 e. The minimum absolute atomic E-state index is 0. The fourth-order valence-electron chi connectivity index (χ4n) is 4.73. The largest absolute Gasteiger partial charge is 0.342 e. The molecule has 218 valence electrons. The second kappa shape index (κ2) is 13.2. The van der Waals surface area contributed by atoms with E-state index in [2.05, 4.69) is 20.2 Å². The Morgan fingerprint density at radius 1 is 0.976 bits per heavy atom. The van der Waals surface area contributed by atoms with Gasteiger partial charge in [-0.1, -0.05) is 37.2 Å². The summed E-state index contributed by atoms with van der Waals surface area (Å²) >= 11 is 6.31. The lowest BCUT2D eigenvalue weighted by Gasteiger charge is -2.19. The molecule has 7 nitrogen and oxygen atoms in total. The molecule has 0 atom stereocenters. The number of halogens is 3. The van der Waals surface area contributed by atoms with E-state index in [1.165, 1.54) is 18.2 Å². The Labute approximate surface area is 249 Å². The summed E-state index contributed by atoms with van der Waals surface area (Å²) in [5.74, 6) is -1.21. The molecule has 3 aromatic carbocycles. The Bertz CT molecular complexity index is 1620. The van der Waals surface area contributed by atoms with Crippen LogP contribution in [-0.2, 0) is 6.54 Å². The Balaban J connectivity index is 0.00000405. The topological polar surface area (TPSA) is 73.7 Å². The van der Waals surface area contributed by atoms with Gasteiger partial charge in [0.1, 0.15) is 11.6 Å². The molecule has 4 aromatic rings. The van der Waals surface area contributed by atoms with Crippen LogP contribution in [-0.4, -0.2) is 65.6 Å². The molecule has 1 aliphatic rings. The number of benzene rings is 3. The molecule has 1 amide bonds. The van der Waals surface area contributed by atoms with E-state index in [0.29, 0.717) is 51.2 Å². The molecule has 1 aromatic heterocycles. The molecule has 42 heavy (non-hydrogen) atoms. The highest BCUT2D eigenvalue weighted by molar-refractivity contribution is 6.31. The molecule has 5 rings (SSSR count). The van der Waals surface area contributed by atoms with Gasteiger partial charge in [0.25, 0.3) is 5.91 Å². The third kappa shape index (κ3) is 6.64.